The van der Waals surface area contributed by atoms with Crippen molar-refractivity contribution in [2.24, 2.45) is 0 Å². The minimum atomic E-state index is -4.95. The highest BCUT2D eigenvalue weighted by Gasteiger charge is 2.35. The maximum atomic E-state index is 15.2. The fraction of sp³-hybridized carbons (Fsp3) is 0.226. The number of oxazole rings is 1. The molecule has 2 N–H and O–H groups in total. The molecule has 0 saturated heterocycles. The summed E-state index contributed by atoms with van der Waals surface area (Å²) in [6.07, 6.45) is -7.77. The van der Waals surface area contributed by atoms with Gasteiger partial charge in [-0.05, 0) is 66.6 Å². The molecule has 0 saturated carbocycles. The molecule has 0 amide bonds. The van der Waals surface area contributed by atoms with Gasteiger partial charge < -0.3 is 18.8 Å². The van der Waals surface area contributed by atoms with E-state index in [2.05, 4.69) is 19.6 Å². The molecule has 0 radical (unpaired) electrons. The van der Waals surface area contributed by atoms with Crippen molar-refractivity contribution in [3.8, 4) is 45.1 Å². The number of ether oxygens (including phenoxy) is 1. The number of benzene rings is 3. The molecule has 0 aliphatic carbocycles. The lowest BCUT2D eigenvalue weighted by molar-refractivity contribution is -0.274. The Morgan fingerprint density at radius 1 is 0.958 bits per heavy atom. The first-order chi connectivity index (χ1) is 22.6. The first-order valence-corrected chi connectivity index (χ1v) is 15.3. The first kappa shape index (κ1) is 34.7. The Labute approximate surface area is 269 Å². The van der Waals surface area contributed by atoms with Gasteiger partial charge in [-0.2, -0.15) is 13.2 Å². The zero-order valence-corrected chi connectivity index (χ0v) is 25.6. The standard InChI is InChI=1S/C31H24F7N3O6S/c1-16-39-26(30(33,34)35)14-41(16)24-8-5-18(19-12-23(32)22(15-45-43)25(13-19)48(2)44)11-21(24)29-28(40-27(46-29)9-10-42)17-3-6-20(7-4-17)47-31(36,37)38/h3-8,11-14,42-43H,9-10,15H2,1-2H3. The van der Waals surface area contributed by atoms with Crippen molar-refractivity contribution in [1.29, 1.82) is 0 Å². The average molecular weight is 700 g/mol. The zero-order valence-electron chi connectivity index (χ0n) is 24.8. The van der Waals surface area contributed by atoms with Gasteiger partial charge in [-0.1, -0.05) is 6.07 Å². The van der Waals surface area contributed by atoms with Crippen molar-refractivity contribution in [2.75, 3.05) is 12.9 Å². The van der Waals surface area contributed by atoms with Crippen molar-refractivity contribution in [3.63, 3.8) is 0 Å². The molecule has 0 aliphatic heterocycles. The van der Waals surface area contributed by atoms with Gasteiger partial charge in [0.15, 0.2) is 17.3 Å². The first-order valence-electron chi connectivity index (χ1n) is 13.8. The van der Waals surface area contributed by atoms with Crippen molar-refractivity contribution in [3.05, 3.63) is 89.6 Å². The van der Waals surface area contributed by atoms with Crippen LogP contribution >= 0.6 is 0 Å². The van der Waals surface area contributed by atoms with Gasteiger partial charge >= 0.3 is 12.5 Å². The summed E-state index contributed by atoms with van der Waals surface area (Å²) in [6.45, 7) is 0.347. The SMILES string of the molecule is Cc1nc(C(F)(F)F)cn1-c1ccc(-c2cc(F)c(COO)c(S(C)=O)c2)cc1-c1oc(CCO)nc1-c1ccc(OC(F)(F)F)cc1. The third-order valence-corrected chi connectivity index (χ3v) is 8.02. The molecule has 2 heterocycles. The van der Waals surface area contributed by atoms with Crippen molar-refractivity contribution < 1.29 is 59.3 Å². The number of hydrogen-bond acceptors (Lipinski definition) is 8. The van der Waals surface area contributed by atoms with Gasteiger partial charge in [0, 0.05) is 40.5 Å². The monoisotopic (exact) mass is 699 g/mol. The molecule has 48 heavy (non-hydrogen) atoms. The third-order valence-electron chi connectivity index (χ3n) is 7.04. The van der Waals surface area contributed by atoms with Gasteiger partial charge in [0.2, 0.25) is 0 Å². The Balaban J connectivity index is 1.76. The summed E-state index contributed by atoms with van der Waals surface area (Å²) in [4.78, 5) is 12.1. The Morgan fingerprint density at radius 3 is 2.23 bits per heavy atom. The summed E-state index contributed by atoms with van der Waals surface area (Å²) in [6, 6.07) is 11.4. The second kappa shape index (κ2) is 13.5. The van der Waals surface area contributed by atoms with Crippen LogP contribution < -0.4 is 4.74 Å². The van der Waals surface area contributed by atoms with Gasteiger partial charge in [0.05, 0.1) is 23.1 Å². The van der Waals surface area contributed by atoms with E-state index in [0.717, 1.165) is 29.0 Å². The molecule has 17 heteroatoms. The maximum absolute atomic E-state index is 15.2. The van der Waals surface area contributed by atoms with Crippen molar-refractivity contribution in [1.82, 2.24) is 14.5 Å². The minimum absolute atomic E-state index is 0.00382. The Morgan fingerprint density at radius 2 is 1.65 bits per heavy atom. The highest BCUT2D eigenvalue weighted by atomic mass is 32.2. The Hall–Kier alpha value is -4.58. The van der Waals surface area contributed by atoms with Crippen LogP contribution in [0.5, 0.6) is 5.75 Å². The summed E-state index contributed by atoms with van der Waals surface area (Å²) >= 11 is 0. The number of nitrogens with zero attached hydrogens (tertiary/aromatic N) is 3. The molecule has 1 unspecified atom stereocenters. The van der Waals surface area contributed by atoms with E-state index in [1.165, 1.54) is 49.6 Å². The van der Waals surface area contributed by atoms with E-state index in [1.54, 1.807) is 0 Å². The normalized spacial score (nSPS) is 12.8. The van der Waals surface area contributed by atoms with E-state index in [9.17, 15) is 35.7 Å². The summed E-state index contributed by atoms with van der Waals surface area (Å²) in [7, 11) is -1.74. The molecule has 5 rings (SSSR count). The number of imidazole rings is 1. The molecule has 0 bridgehead atoms. The number of alkyl halides is 6. The summed E-state index contributed by atoms with van der Waals surface area (Å²) in [5.41, 5.74) is -0.378. The number of aryl methyl sites for hydroxylation is 1. The fourth-order valence-electron chi connectivity index (χ4n) is 4.96. The number of aromatic nitrogens is 3. The molecule has 0 fully saturated rings. The molecule has 254 valence electrons. The van der Waals surface area contributed by atoms with E-state index in [0.29, 0.717) is 0 Å². The van der Waals surface area contributed by atoms with E-state index < -0.39 is 53.8 Å². The molecular weight excluding hydrogens is 675 g/mol. The molecule has 0 aliphatic rings. The highest BCUT2D eigenvalue weighted by Crippen LogP contribution is 2.41. The van der Waals surface area contributed by atoms with Crippen LogP contribution in [0.1, 0.15) is 23.0 Å². The Bertz CT molecular complexity index is 1970. The number of hydrogen-bond donors (Lipinski definition) is 2. The predicted octanol–water partition coefficient (Wildman–Crippen LogP) is 7.49. The van der Waals surface area contributed by atoms with Gasteiger partial charge in [-0.15, -0.1) is 13.2 Å². The van der Waals surface area contributed by atoms with Crippen LogP contribution in [0.4, 0.5) is 30.7 Å². The molecule has 1 atom stereocenters. The van der Waals surface area contributed by atoms with E-state index >= 15 is 4.39 Å². The van der Waals surface area contributed by atoms with Crippen LogP contribution in [0.2, 0.25) is 0 Å². The Kier molecular flexibility index (Phi) is 9.77. The van der Waals surface area contributed by atoms with Crippen molar-refractivity contribution in [2.45, 2.75) is 37.4 Å². The zero-order chi connectivity index (χ0) is 35.0. The molecule has 2 aromatic heterocycles. The van der Waals surface area contributed by atoms with E-state index in [-0.39, 0.29) is 68.0 Å². The molecule has 3 aromatic carbocycles. The second-order valence-electron chi connectivity index (χ2n) is 10.3. The summed E-state index contributed by atoms with van der Waals surface area (Å²) in [5.74, 6) is -1.50. The predicted molar refractivity (Wildman–Crippen MR) is 157 cm³/mol. The van der Waals surface area contributed by atoms with E-state index in [1.807, 2.05) is 0 Å². The van der Waals surface area contributed by atoms with Gasteiger partial charge in [0.1, 0.15) is 29.7 Å². The van der Waals surface area contributed by atoms with Gasteiger partial charge in [0.25, 0.3) is 0 Å². The van der Waals surface area contributed by atoms with E-state index in [4.69, 9.17) is 9.67 Å². The smallest absolute Gasteiger partial charge is 0.440 e. The van der Waals surface area contributed by atoms with Crippen LogP contribution in [0.15, 0.2) is 70.1 Å². The third kappa shape index (κ3) is 7.43. The summed E-state index contributed by atoms with van der Waals surface area (Å²) < 4.78 is 118. The summed E-state index contributed by atoms with van der Waals surface area (Å²) in [5, 5.41) is 18.5. The molecular formula is C31H24F7N3O6S. The second-order valence-corrected chi connectivity index (χ2v) is 11.6. The lowest BCUT2D eigenvalue weighted by Crippen LogP contribution is -2.16. The highest BCUT2D eigenvalue weighted by molar-refractivity contribution is 7.84. The average Bonchev–Trinajstić information content (AvgIpc) is 3.61. The molecule has 9 nitrogen and oxygen atoms in total. The number of rotatable bonds is 10. The quantitative estimate of drug-likeness (QED) is 0.0875. The lowest BCUT2D eigenvalue weighted by Gasteiger charge is -2.15. The van der Waals surface area contributed by atoms with Crippen LogP contribution in [0.3, 0.4) is 0 Å². The van der Waals surface area contributed by atoms with Gasteiger partial charge in [-0.25, -0.2) is 19.2 Å². The van der Waals surface area contributed by atoms with Crippen LogP contribution in [0.25, 0.3) is 39.4 Å². The molecule has 5 aromatic rings. The molecule has 0 spiro atoms. The van der Waals surface area contributed by atoms with Crippen molar-refractivity contribution >= 4 is 10.8 Å². The van der Waals surface area contributed by atoms with Crippen LogP contribution in [-0.2, 0) is 34.9 Å². The fourth-order valence-corrected chi connectivity index (χ4v) is 5.76. The number of aliphatic hydroxyl groups is 1. The number of aliphatic hydroxyl groups excluding tert-OH is 1. The largest absolute Gasteiger partial charge is 0.573 e. The topological polar surface area (TPSA) is 120 Å². The van der Waals surface area contributed by atoms with Crippen LogP contribution in [0, 0.1) is 12.7 Å². The maximum Gasteiger partial charge on any atom is 0.573 e. The number of halogens is 7. The van der Waals surface area contributed by atoms with Gasteiger partial charge in [-0.3, -0.25) is 9.47 Å². The van der Waals surface area contributed by atoms with Crippen LogP contribution in [-0.4, -0.2) is 48.3 Å². The minimum Gasteiger partial charge on any atom is -0.440 e. The lowest BCUT2D eigenvalue weighted by atomic mass is 9.97.